The molecule has 2 heterocycles. The lowest BCUT2D eigenvalue weighted by molar-refractivity contribution is 0.0719. The number of likely N-dealkylation sites (tertiary alicyclic amines) is 1. The Balaban J connectivity index is 2.03. The van der Waals surface area contributed by atoms with Crippen LogP contribution in [0.2, 0.25) is 0 Å². The summed E-state index contributed by atoms with van der Waals surface area (Å²) in [5.41, 5.74) is 5.87. The summed E-state index contributed by atoms with van der Waals surface area (Å²) in [5, 5.41) is 6.33. The molecule has 1 saturated heterocycles. The van der Waals surface area contributed by atoms with Crippen molar-refractivity contribution in [1.82, 2.24) is 15.1 Å². The summed E-state index contributed by atoms with van der Waals surface area (Å²) < 4.78 is 5.19. The number of amides is 1. The van der Waals surface area contributed by atoms with Gasteiger partial charge in [0.15, 0.2) is 0 Å². The number of nitrogens with zero attached hydrogens (tertiary/aromatic N) is 2. The van der Waals surface area contributed by atoms with Gasteiger partial charge in [0.2, 0.25) is 0 Å². The third-order valence-electron chi connectivity index (χ3n) is 2.59. The first kappa shape index (κ1) is 9.97. The molecule has 1 amide bonds. The van der Waals surface area contributed by atoms with Crippen LogP contribution in [0.4, 0.5) is 5.82 Å². The number of aromatic nitrogens is 2. The van der Waals surface area contributed by atoms with E-state index in [0.717, 1.165) is 13.0 Å². The molecule has 0 saturated carbocycles. The first-order valence-corrected chi connectivity index (χ1v) is 4.83. The maximum Gasteiger partial charge on any atom is 0.272 e. The molecule has 1 aliphatic heterocycles. The van der Waals surface area contributed by atoms with Gasteiger partial charge in [-0.2, -0.15) is 5.10 Å². The fourth-order valence-electron chi connectivity index (χ4n) is 1.72. The fourth-order valence-corrected chi connectivity index (χ4v) is 1.72. The molecule has 82 valence electrons. The second-order valence-electron chi connectivity index (χ2n) is 3.60. The van der Waals surface area contributed by atoms with Crippen LogP contribution in [-0.4, -0.2) is 47.3 Å². The Morgan fingerprint density at radius 3 is 3.13 bits per heavy atom. The van der Waals surface area contributed by atoms with Crippen LogP contribution in [0.3, 0.4) is 0 Å². The molecule has 6 nitrogen and oxygen atoms in total. The molecule has 3 N–H and O–H groups in total. The number of methoxy groups -OCH3 is 1. The zero-order chi connectivity index (χ0) is 10.8. The van der Waals surface area contributed by atoms with E-state index in [1.54, 1.807) is 18.1 Å². The van der Waals surface area contributed by atoms with E-state index in [1.807, 2.05) is 0 Å². The number of hydrogen-bond acceptors (Lipinski definition) is 4. The van der Waals surface area contributed by atoms with Gasteiger partial charge in [0.25, 0.3) is 5.91 Å². The molecule has 1 fully saturated rings. The maximum atomic E-state index is 11.9. The predicted octanol–water partition coefficient (Wildman–Crippen LogP) is -0.147. The Labute approximate surface area is 87.4 Å². The highest BCUT2D eigenvalue weighted by Gasteiger charge is 2.27. The molecule has 1 unspecified atom stereocenters. The maximum absolute atomic E-state index is 11.9. The molecule has 0 bridgehead atoms. The van der Waals surface area contributed by atoms with E-state index < -0.39 is 0 Å². The summed E-state index contributed by atoms with van der Waals surface area (Å²) in [4.78, 5) is 13.6. The summed E-state index contributed by atoms with van der Waals surface area (Å²) in [7, 11) is 1.66. The number of carbonyl (C=O) groups excluding carboxylic acids is 1. The molecule has 1 aliphatic rings. The highest BCUT2D eigenvalue weighted by molar-refractivity contribution is 5.93. The van der Waals surface area contributed by atoms with E-state index in [-0.39, 0.29) is 12.0 Å². The van der Waals surface area contributed by atoms with Crippen LogP contribution in [0.5, 0.6) is 0 Å². The molecule has 1 aromatic rings. The van der Waals surface area contributed by atoms with Gasteiger partial charge in [-0.05, 0) is 6.42 Å². The Bertz CT molecular complexity index is 363. The number of hydrogen-bond donors (Lipinski definition) is 2. The van der Waals surface area contributed by atoms with Crippen LogP contribution >= 0.6 is 0 Å². The minimum Gasteiger partial charge on any atom is -0.382 e. The van der Waals surface area contributed by atoms with Crippen molar-refractivity contribution in [1.29, 1.82) is 0 Å². The normalized spacial score (nSPS) is 20.9. The molecule has 0 spiro atoms. The highest BCUT2D eigenvalue weighted by Crippen LogP contribution is 2.15. The summed E-state index contributed by atoms with van der Waals surface area (Å²) in [6.45, 7) is 1.35. The Kier molecular flexibility index (Phi) is 2.59. The van der Waals surface area contributed by atoms with Gasteiger partial charge in [-0.3, -0.25) is 9.89 Å². The quantitative estimate of drug-likeness (QED) is 0.711. The standard InChI is InChI=1S/C9H14N4O2/c1-15-6-2-3-13(5-6)9(14)7-4-8(10)12-11-7/h4,6H,2-3,5H2,1H3,(H3,10,11,12). The topological polar surface area (TPSA) is 84.2 Å². The van der Waals surface area contributed by atoms with Gasteiger partial charge in [0, 0.05) is 26.3 Å². The summed E-state index contributed by atoms with van der Waals surface area (Å²) in [6, 6.07) is 1.54. The average molecular weight is 210 g/mol. The van der Waals surface area contributed by atoms with E-state index in [0.29, 0.717) is 18.1 Å². The number of aromatic amines is 1. The average Bonchev–Trinajstić information content (AvgIpc) is 2.84. The van der Waals surface area contributed by atoms with Crippen LogP contribution < -0.4 is 5.73 Å². The molecule has 6 heteroatoms. The van der Waals surface area contributed by atoms with Gasteiger partial charge < -0.3 is 15.4 Å². The molecular formula is C9H14N4O2. The summed E-state index contributed by atoms with van der Waals surface area (Å²) in [5.74, 6) is 0.264. The molecule has 15 heavy (non-hydrogen) atoms. The fraction of sp³-hybridized carbons (Fsp3) is 0.556. The highest BCUT2D eigenvalue weighted by atomic mass is 16.5. The van der Waals surface area contributed by atoms with Gasteiger partial charge >= 0.3 is 0 Å². The lowest BCUT2D eigenvalue weighted by Crippen LogP contribution is -2.30. The zero-order valence-corrected chi connectivity index (χ0v) is 8.56. The SMILES string of the molecule is COC1CCN(C(=O)c2cc(N)n[nH]2)C1. The van der Waals surface area contributed by atoms with Gasteiger partial charge in [-0.25, -0.2) is 0 Å². The number of carbonyl (C=O) groups is 1. The van der Waals surface area contributed by atoms with Gasteiger partial charge in [0.05, 0.1) is 6.10 Å². The van der Waals surface area contributed by atoms with E-state index in [1.165, 1.54) is 0 Å². The summed E-state index contributed by atoms with van der Waals surface area (Å²) in [6.07, 6.45) is 1.03. The Morgan fingerprint density at radius 1 is 1.80 bits per heavy atom. The number of rotatable bonds is 2. The molecule has 0 aromatic carbocycles. The predicted molar refractivity (Wildman–Crippen MR) is 54.3 cm³/mol. The number of nitrogen functional groups attached to an aromatic ring is 1. The largest absolute Gasteiger partial charge is 0.382 e. The van der Waals surface area contributed by atoms with Crippen molar-refractivity contribution < 1.29 is 9.53 Å². The van der Waals surface area contributed by atoms with Crippen molar-refractivity contribution in [3.05, 3.63) is 11.8 Å². The van der Waals surface area contributed by atoms with Crippen molar-refractivity contribution in [3.8, 4) is 0 Å². The second-order valence-corrected chi connectivity index (χ2v) is 3.60. The zero-order valence-electron chi connectivity index (χ0n) is 8.56. The first-order chi connectivity index (χ1) is 7.20. The second kappa shape index (κ2) is 3.90. The third-order valence-corrected chi connectivity index (χ3v) is 2.59. The third kappa shape index (κ3) is 1.94. The van der Waals surface area contributed by atoms with Crippen LogP contribution in [-0.2, 0) is 4.74 Å². The van der Waals surface area contributed by atoms with E-state index >= 15 is 0 Å². The molecule has 1 atom stereocenters. The van der Waals surface area contributed by atoms with E-state index in [4.69, 9.17) is 10.5 Å². The van der Waals surface area contributed by atoms with Gasteiger partial charge in [-0.15, -0.1) is 0 Å². The van der Waals surface area contributed by atoms with Crippen LogP contribution in [0.15, 0.2) is 6.07 Å². The van der Waals surface area contributed by atoms with Gasteiger partial charge in [0.1, 0.15) is 11.5 Å². The molecule has 0 radical (unpaired) electrons. The minimum absolute atomic E-state index is 0.0706. The monoisotopic (exact) mass is 210 g/mol. The van der Waals surface area contributed by atoms with Crippen molar-refractivity contribution in [2.45, 2.75) is 12.5 Å². The number of ether oxygens (including phenoxy) is 1. The van der Waals surface area contributed by atoms with E-state index in [2.05, 4.69) is 10.2 Å². The number of nitrogens with one attached hydrogen (secondary N) is 1. The van der Waals surface area contributed by atoms with Crippen LogP contribution in [0.25, 0.3) is 0 Å². The van der Waals surface area contributed by atoms with Crippen LogP contribution in [0.1, 0.15) is 16.9 Å². The lowest BCUT2D eigenvalue weighted by Gasteiger charge is -2.14. The Morgan fingerprint density at radius 2 is 2.60 bits per heavy atom. The lowest BCUT2D eigenvalue weighted by atomic mass is 10.3. The molecule has 0 aliphatic carbocycles. The Hall–Kier alpha value is -1.56. The minimum atomic E-state index is -0.0706. The van der Waals surface area contributed by atoms with Crippen LogP contribution in [0, 0.1) is 0 Å². The van der Waals surface area contributed by atoms with Crippen molar-refractivity contribution in [3.63, 3.8) is 0 Å². The molecular weight excluding hydrogens is 196 g/mol. The summed E-state index contributed by atoms with van der Waals surface area (Å²) >= 11 is 0. The number of anilines is 1. The van der Waals surface area contributed by atoms with E-state index in [9.17, 15) is 4.79 Å². The number of nitrogens with two attached hydrogens (primary N) is 1. The van der Waals surface area contributed by atoms with Gasteiger partial charge in [-0.1, -0.05) is 0 Å². The number of H-pyrrole nitrogens is 1. The van der Waals surface area contributed by atoms with Crippen molar-refractivity contribution in [2.24, 2.45) is 0 Å². The van der Waals surface area contributed by atoms with Crippen molar-refractivity contribution >= 4 is 11.7 Å². The van der Waals surface area contributed by atoms with Crippen molar-refractivity contribution in [2.75, 3.05) is 25.9 Å². The smallest absolute Gasteiger partial charge is 0.272 e. The molecule has 2 rings (SSSR count). The first-order valence-electron chi connectivity index (χ1n) is 4.83. The molecule has 1 aromatic heterocycles.